The fourth-order valence-electron chi connectivity index (χ4n) is 4.98. The number of aryl methyl sites for hydroxylation is 1. The number of fused-ring (bicyclic) bond motifs is 2. The number of hydrogen-bond donors (Lipinski definition) is 0. The normalized spacial score (nSPS) is 13.6. The minimum atomic E-state index is -0.379. The summed E-state index contributed by atoms with van der Waals surface area (Å²) in [5.41, 5.74) is 4.59. The molecule has 0 aliphatic carbocycles. The SMILES string of the molecule is CCn1cnc2c(-c3ccc(F)c(-c4cc5cn(CC(=O)N6CCCC6)nc5cc4OC)c3)cnnc21. The number of halogens is 1. The maximum Gasteiger partial charge on any atom is 0.244 e. The van der Waals surface area contributed by atoms with Crippen LogP contribution in [0.5, 0.6) is 5.75 Å². The van der Waals surface area contributed by atoms with Crippen LogP contribution in [0.15, 0.2) is 49.1 Å². The van der Waals surface area contributed by atoms with Crippen LogP contribution in [0, 0.1) is 5.82 Å². The Morgan fingerprint density at radius 2 is 1.95 bits per heavy atom. The topological polar surface area (TPSA) is 91.0 Å². The first-order valence-electron chi connectivity index (χ1n) is 12.4. The summed E-state index contributed by atoms with van der Waals surface area (Å²) in [7, 11) is 1.55. The number of benzene rings is 2. The van der Waals surface area contributed by atoms with E-state index in [9.17, 15) is 4.79 Å². The molecule has 10 heteroatoms. The lowest BCUT2D eigenvalue weighted by molar-refractivity contribution is -0.130. The largest absolute Gasteiger partial charge is 0.496 e. The molecule has 1 aliphatic rings. The third kappa shape index (κ3) is 4.08. The zero-order chi connectivity index (χ0) is 25.5. The van der Waals surface area contributed by atoms with Crippen LogP contribution in [0.4, 0.5) is 4.39 Å². The van der Waals surface area contributed by atoms with Gasteiger partial charge in [0.15, 0.2) is 5.65 Å². The monoisotopic (exact) mass is 499 g/mol. The molecule has 0 spiro atoms. The molecule has 37 heavy (non-hydrogen) atoms. The number of carbonyl (C=O) groups is 1. The molecule has 0 atom stereocenters. The molecule has 188 valence electrons. The van der Waals surface area contributed by atoms with E-state index >= 15 is 4.39 Å². The smallest absolute Gasteiger partial charge is 0.244 e. The van der Waals surface area contributed by atoms with Gasteiger partial charge in [0.1, 0.15) is 23.6 Å². The first kappa shape index (κ1) is 23.1. The van der Waals surface area contributed by atoms with Crippen molar-refractivity contribution >= 4 is 28.0 Å². The van der Waals surface area contributed by atoms with Crippen molar-refractivity contribution < 1.29 is 13.9 Å². The van der Waals surface area contributed by atoms with E-state index in [4.69, 9.17) is 4.74 Å². The zero-order valence-corrected chi connectivity index (χ0v) is 20.7. The highest BCUT2D eigenvalue weighted by molar-refractivity contribution is 5.92. The predicted octanol–water partition coefficient (Wildman–Crippen LogP) is 4.30. The minimum absolute atomic E-state index is 0.0547. The fraction of sp³-hybridized carbons (Fsp3) is 0.296. The second-order valence-electron chi connectivity index (χ2n) is 9.18. The number of methoxy groups -OCH3 is 1. The van der Waals surface area contributed by atoms with Gasteiger partial charge in [-0.25, -0.2) is 9.37 Å². The minimum Gasteiger partial charge on any atom is -0.496 e. The van der Waals surface area contributed by atoms with E-state index in [-0.39, 0.29) is 18.3 Å². The lowest BCUT2D eigenvalue weighted by atomic mass is 9.97. The Balaban J connectivity index is 1.41. The van der Waals surface area contributed by atoms with Crippen molar-refractivity contribution in [2.45, 2.75) is 32.9 Å². The molecular weight excluding hydrogens is 473 g/mol. The van der Waals surface area contributed by atoms with Crippen molar-refractivity contribution in [2.24, 2.45) is 0 Å². The molecule has 5 aromatic rings. The van der Waals surface area contributed by atoms with Crippen molar-refractivity contribution in [3.8, 4) is 28.0 Å². The first-order valence-corrected chi connectivity index (χ1v) is 12.4. The summed E-state index contributed by atoms with van der Waals surface area (Å²) in [4.78, 5) is 19.0. The maximum atomic E-state index is 15.2. The lowest BCUT2D eigenvalue weighted by Gasteiger charge is -2.14. The number of imidazole rings is 1. The van der Waals surface area contributed by atoms with Crippen LogP contribution in [-0.2, 0) is 17.9 Å². The van der Waals surface area contributed by atoms with E-state index in [1.165, 1.54) is 6.07 Å². The molecule has 4 heterocycles. The lowest BCUT2D eigenvalue weighted by Crippen LogP contribution is -2.31. The summed E-state index contributed by atoms with van der Waals surface area (Å²) in [5, 5.41) is 13.7. The molecule has 6 rings (SSSR count). The van der Waals surface area contributed by atoms with Crippen molar-refractivity contribution in [2.75, 3.05) is 20.2 Å². The zero-order valence-electron chi connectivity index (χ0n) is 20.7. The first-order chi connectivity index (χ1) is 18.1. The molecular formula is C27H26FN7O2. The number of aromatic nitrogens is 6. The van der Waals surface area contributed by atoms with E-state index in [0.717, 1.165) is 49.0 Å². The molecule has 0 unspecified atom stereocenters. The summed E-state index contributed by atoms with van der Waals surface area (Å²) < 4.78 is 24.4. The van der Waals surface area contributed by atoms with Crippen molar-refractivity contribution in [1.29, 1.82) is 0 Å². The molecule has 0 saturated carbocycles. The van der Waals surface area contributed by atoms with Gasteiger partial charge >= 0.3 is 0 Å². The number of carbonyl (C=O) groups excluding carboxylic acids is 1. The van der Waals surface area contributed by atoms with Gasteiger partial charge in [-0.3, -0.25) is 9.48 Å². The average Bonchev–Trinajstić information content (AvgIpc) is 3.67. The van der Waals surface area contributed by atoms with Crippen LogP contribution >= 0.6 is 0 Å². The summed E-state index contributed by atoms with van der Waals surface area (Å²) in [6, 6.07) is 8.57. The van der Waals surface area contributed by atoms with Gasteiger partial charge in [-0.1, -0.05) is 6.07 Å². The predicted molar refractivity (Wildman–Crippen MR) is 137 cm³/mol. The van der Waals surface area contributed by atoms with Gasteiger partial charge in [0.25, 0.3) is 0 Å². The van der Waals surface area contributed by atoms with Crippen molar-refractivity contribution in [3.63, 3.8) is 0 Å². The van der Waals surface area contributed by atoms with E-state index < -0.39 is 0 Å². The highest BCUT2D eigenvalue weighted by Crippen LogP contribution is 2.38. The molecule has 0 bridgehead atoms. The van der Waals surface area contributed by atoms with Gasteiger partial charge in [-0.15, -0.1) is 5.10 Å². The van der Waals surface area contributed by atoms with Gasteiger partial charge in [-0.05, 0) is 43.5 Å². The Kier molecular flexibility index (Phi) is 5.78. The maximum absolute atomic E-state index is 15.2. The molecule has 2 aromatic carbocycles. The standard InChI is InChI=1S/C27H26FN7O2/c1-3-33-16-29-26-21(13-30-31-27(26)33)17-6-7-22(28)19(10-17)20-11-18-14-35(32-23(18)12-24(20)37-2)15-25(36)34-8-4-5-9-34/h6-7,10-14,16H,3-5,8-9,15H2,1-2H3. The number of likely N-dealkylation sites (tertiary alicyclic amines) is 1. The highest BCUT2D eigenvalue weighted by Gasteiger charge is 2.20. The third-order valence-electron chi connectivity index (χ3n) is 6.94. The van der Waals surface area contributed by atoms with Crippen LogP contribution < -0.4 is 4.74 Å². The Hall–Kier alpha value is -4.34. The van der Waals surface area contributed by atoms with Gasteiger partial charge < -0.3 is 14.2 Å². The fourth-order valence-corrected chi connectivity index (χ4v) is 4.98. The van der Waals surface area contributed by atoms with Crippen LogP contribution in [-0.4, -0.2) is 60.5 Å². The van der Waals surface area contributed by atoms with Crippen molar-refractivity contribution in [3.05, 3.63) is 54.9 Å². The van der Waals surface area contributed by atoms with Crippen LogP contribution in [0.25, 0.3) is 44.3 Å². The third-order valence-corrected chi connectivity index (χ3v) is 6.94. The Morgan fingerprint density at radius 3 is 2.73 bits per heavy atom. The number of ether oxygens (including phenoxy) is 1. The number of hydrogen-bond acceptors (Lipinski definition) is 6. The van der Waals surface area contributed by atoms with Gasteiger partial charge in [0.2, 0.25) is 5.91 Å². The summed E-state index contributed by atoms with van der Waals surface area (Å²) in [6.45, 7) is 4.50. The van der Waals surface area contributed by atoms with E-state index in [1.54, 1.807) is 42.5 Å². The quantitative estimate of drug-likeness (QED) is 0.346. The van der Waals surface area contributed by atoms with Gasteiger partial charge in [0, 0.05) is 54.0 Å². The number of rotatable bonds is 6. The number of nitrogens with zero attached hydrogens (tertiary/aromatic N) is 7. The van der Waals surface area contributed by atoms with Crippen LogP contribution in [0.3, 0.4) is 0 Å². The molecule has 1 amide bonds. The molecule has 0 radical (unpaired) electrons. The Morgan fingerprint density at radius 1 is 1.11 bits per heavy atom. The Bertz CT molecular complexity index is 1640. The van der Waals surface area contributed by atoms with Gasteiger partial charge in [-0.2, -0.15) is 10.2 Å². The second-order valence-corrected chi connectivity index (χ2v) is 9.18. The molecule has 9 nitrogen and oxygen atoms in total. The molecule has 1 saturated heterocycles. The molecule has 3 aromatic heterocycles. The molecule has 1 fully saturated rings. The van der Waals surface area contributed by atoms with Crippen LogP contribution in [0.2, 0.25) is 0 Å². The summed E-state index contributed by atoms with van der Waals surface area (Å²) in [6.07, 6.45) is 7.28. The Labute approximate surface area is 212 Å². The summed E-state index contributed by atoms with van der Waals surface area (Å²) >= 11 is 0. The van der Waals surface area contributed by atoms with Gasteiger partial charge in [0.05, 0.1) is 25.2 Å². The van der Waals surface area contributed by atoms with E-state index in [0.29, 0.717) is 33.6 Å². The van der Waals surface area contributed by atoms with E-state index in [1.807, 2.05) is 28.7 Å². The highest BCUT2D eigenvalue weighted by atomic mass is 19.1. The molecule has 0 N–H and O–H groups in total. The average molecular weight is 500 g/mol. The number of amides is 1. The van der Waals surface area contributed by atoms with Crippen molar-refractivity contribution in [1.82, 2.24) is 34.4 Å². The summed E-state index contributed by atoms with van der Waals surface area (Å²) in [5.74, 6) is 0.169. The second kappa shape index (κ2) is 9.27. The van der Waals surface area contributed by atoms with E-state index in [2.05, 4.69) is 20.3 Å². The molecule has 1 aliphatic heterocycles. The van der Waals surface area contributed by atoms with Crippen LogP contribution in [0.1, 0.15) is 19.8 Å².